The molecular weight excluding hydrogens is 284 g/mol. The minimum atomic E-state index is 0.629. The predicted molar refractivity (Wildman–Crippen MR) is 91.9 cm³/mol. The van der Waals surface area contributed by atoms with E-state index in [1.165, 1.54) is 44.3 Å². The van der Waals surface area contributed by atoms with Crippen molar-refractivity contribution in [3.63, 3.8) is 0 Å². The van der Waals surface area contributed by atoms with Crippen molar-refractivity contribution in [2.75, 3.05) is 13.1 Å². The average Bonchev–Trinajstić information content (AvgIpc) is 3.04. The molecule has 1 aromatic heterocycles. The van der Waals surface area contributed by atoms with E-state index in [0.29, 0.717) is 6.04 Å². The number of rotatable bonds is 4. The molecule has 3 heterocycles. The zero-order valence-corrected chi connectivity index (χ0v) is 13.5. The van der Waals surface area contributed by atoms with Gasteiger partial charge in [0.05, 0.1) is 0 Å². The molecule has 0 bridgehead atoms. The van der Waals surface area contributed by atoms with Crippen LogP contribution in [0.5, 0.6) is 0 Å². The third-order valence-electron chi connectivity index (χ3n) is 5.16. The van der Waals surface area contributed by atoms with Crippen LogP contribution in [0.25, 0.3) is 11.4 Å². The normalized spacial score (nSPS) is 24.5. The van der Waals surface area contributed by atoms with Gasteiger partial charge < -0.3 is 5.32 Å². The van der Waals surface area contributed by atoms with E-state index in [9.17, 15) is 0 Å². The Bertz CT molecular complexity index is 626. The van der Waals surface area contributed by atoms with Crippen LogP contribution in [-0.2, 0) is 6.54 Å². The fraction of sp³-hybridized carbons (Fsp3) is 0.474. The molecule has 0 radical (unpaired) electrons. The lowest BCUT2D eigenvalue weighted by Crippen LogP contribution is -2.44. The SMILES string of the molecule is c1ccc(-c2ncc(CN[C@H]3CCN4CCCC[C@H]34)cn2)cc1. The second kappa shape index (κ2) is 6.77. The minimum absolute atomic E-state index is 0.629. The molecule has 0 spiro atoms. The summed E-state index contributed by atoms with van der Waals surface area (Å²) in [5.41, 5.74) is 2.24. The summed E-state index contributed by atoms with van der Waals surface area (Å²) < 4.78 is 0. The molecule has 1 N–H and O–H groups in total. The first kappa shape index (κ1) is 14.8. The van der Waals surface area contributed by atoms with Gasteiger partial charge in [0.2, 0.25) is 0 Å². The molecule has 2 aliphatic rings. The van der Waals surface area contributed by atoms with Crippen molar-refractivity contribution >= 4 is 0 Å². The van der Waals surface area contributed by atoms with Crippen LogP contribution < -0.4 is 5.32 Å². The topological polar surface area (TPSA) is 41.1 Å². The van der Waals surface area contributed by atoms with Gasteiger partial charge in [-0.15, -0.1) is 0 Å². The van der Waals surface area contributed by atoms with Gasteiger partial charge in [0.15, 0.2) is 5.82 Å². The number of aromatic nitrogens is 2. The van der Waals surface area contributed by atoms with E-state index in [-0.39, 0.29) is 0 Å². The van der Waals surface area contributed by atoms with Crippen molar-refractivity contribution in [1.29, 1.82) is 0 Å². The lowest BCUT2D eigenvalue weighted by Gasteiger charge is -2.32. The fourth-order valence-electron chi connectivity index (χ4n) is 3.92. The number of nitrogens with one attached hydrogen (secondary N) is 1. The standard InChI is InChI=1S/C19H24N4/c1-2-6-16(7-3-1)19-21-13-15(14-22-19)12-20-17-9-11-23-10-5-4-8-18(17)23/h1-3,6-7,13-14,17-18,20H,4-5,8-12H2/t17-,18+/m0/s1. The Balaban J connectivity index is 1.36. The number of hydrogen-bond acceptors (Lipinski definition) is 4. The van der Waals surface area contributed by atoms with Gasteiger partial charge in [-0.05, 0) is 25.8 Å². The first-order chi connectivity index (χ1) is 11.4. The first-order valence-electron chi connectivity index (χ1n) is 8.74. The van der Waals surface area contributed by atoms with Crippen molar-refractivity contribution in [3.05, 3.63) is 48.3 Å². The van der Waals surface area contributed by atoms with Crippen LogP contribution in [0.3, 0.4) is 0 Å². The van der Waals surface area contributed by atoms with Gasteiger partial charge in [0.1, 0.15) is 0 Å². The highest BCUT2D eigenvalue weighted by atomic mass is 15.2. The number of fused-ring (bicyclic) bond motifs is 1. The molecule has 2 atom stereocenters. The second-order valence-corrected chi connectivity index (χ2v) is 6.66. The predicted octanol–water partition coefficient (Wildman–Crippen LogP) is 2.86. The largest absolute Gasteiger partial charge is 0.308 e. The highest BCUT2D eigenvalue weighted by Crippen LogP contribution is 2.27. The van der Waals surface area contributed by atoms with E-state index in [1.54, 1.807) is 0 Å². The van der Waals surface area contributed by atoms with Crippen LogP contribution in [0.1, 0.15) is 31.2 Å². The Labute approximate surface area is 138 Å². The third kappa shape index (κ3) is 3.28. The number of benzene rings is 1. The van der Waals surface area contributed by atoms with Gasteiger partial charge in [-0.1, -0.05) is 36.8 Å². The van der Waals surface area contributed by atoms with Crippen LogP contribution in [0.2, 0.25) is 0 Å². The molecule has 2 aliphatic heterocycles. The summed E-state index contributed by atoms with van der Waals surface area (Å²) in [5.74, 6) is 0.800. The molecule has 4 rings (SSSR count). The van der Waals surface area contributed by atoms with E-state index in [0.717, 1.165) is 24.0 Å². The van der Waals surface area contributed by atoms with E-state index >= 15 is 0 Å². The fourth-order valence-corrected chi connectivity index (χ4v) is 3.92. The Kier molecular flexibility index (Phi) is 4.35. The Morgan fingerprint density at radius 3 is 2.65 bits per heavy atom. The maximum Gasteiger partial charge on any atom is 0.159 e. The third-order valence-corrected chi connectivity index (χ3v) is 5.16. The molecule has 2 aromatic rings. The summed E-state index contributed by atoms with van der Waals surface area (Å²) in [5, 5.41) is 3.73. The van der Waals surface area contributed by atoms with E-state index in [1.807, 2.05) is 42.7 Å². The summed E-state index contributed by atoms with van der Waals surface area (Å²) >= 11 is 0. The Morgan fingerprint density at radius 2 is 1.83 bits per heavy atom. The molecular formula is C19H24N4. The van der Waals surface area contributed by atoms with Crippen LogP contribution in [0.15, 0.2) is 42.7 Å². The molecule has 2 fully saturated rings. The molecule has 0 saturated carbocycles. The minimum Gasteiger partial charge on any atom is -0.308 e. The van der Waals surface area contributed by atoms with Gasteiger partial charge in [0.25, 0.3) is 0 Å². The van der Waals surface area contributed by atoms with E-state index < -0.39 is 0 Å². The molecule has 4 heteroatoms. The van der Waals surface area contributed by atoms with Crippen LogP contribution in [0, 0.1) is 0 Å². The number of hydrogen-bond donors (Lipinski definition) is 1. The van der Waals surface area contributed by atoms with Crippen molar-refractivity contribution in [1.82, 2.24) is 20.2 Å². The summed E-state index contributed by atoms with van der Waals surface area (Å²) in [6.07, 6.45) is 9.28. The maximum absolute atomic E-state index is 4.51. The van der Waals surface area contributed by atoms with E-state index in [2.05, 4.69) is 20.2 Å². The Morgan fingerprint density at radius 1 is 1.00 bits per heavy atom. The molecule has 4 nitrogen and oxygen atoms in total. The molecule has 1 aromatic carbocycles. The lowest BCUT2D eigenvalue weighted by molar-refractivity contribution is 0.180. The quantitative estimate of drug-likeness (QED) is 0.943. The van der Waals surface area contributed by atoms with Crippen LogP contribution in [0.4, 0.5) is 0 Å². The Hall–Kier alpha value is -1.78. The second-order valence-electron chi connectivity index (χ2n) is 6.66. The van der Waals surface area contributed by atoms with Crippen molar-refractivity contribution < 1.29 is 0 Å². The summed E-state index contributed by atoms with van der Waals surface area (Å²) in [6, 6.07) is 11.5. The van der Waals surface area contributed by atoms with Crippen molar-refractivity contribution in [2.24, 2.45) is 0 Å². The molecule has 120 valence electrons. The summed E-state index contributed by atoms with van der Waals surface area (Å²) in [4.78, 5) is 11.7. The van der Waals surface area contributed by atoms with Gasteiger partial charge in [-0.2, -0.15) is 0 Å². The average molecular weight is 308 g/mol. The summed E-state index contributed by atoms with van der Waals surface area (Å²) in [6.45, 7) is 3.41. The zero-order chi connectivity index (χ0) is 15.5. The van der Waals surface area contributed by atoms with Gasteiger partial charge in [0, 0.05) is 48.7 Å². The highest BCUT2D eigenvalue weighted by Gasteiger charge is 2.34. The summed E-state index contributed by atoms with van der Waals surface area (Å²) in [7, 11) is 0. The van der Waals surface area contributed by atoms with Crippen LogP contribution in [-0.4, -0.2) is 40.0 Å². The monoisotopic (exact) mass is 308 g/mol. The van der Waals surface area contributed by atoms with E-state index in [4.69, 9.17) is 0 Å². The van der Waals surface area contributed by atoms with Gasteiger partial charge in [-0.25, -0.2) is 9.97 Å². The molecule has 0 unspecified atom stereocenters. The van der Waals surface area contributed by atoms with Gasteiger partial charge in [-0.3, -0.25) is 4.90 Å². The maximum atomic E-state index is 4.51. The molecule has 0 aliphatic carbocycles. The lowest BCUT2D eigenvalue weighted by atomic mass is 9.99. The molecule has 23 heavy (non-hydrogen) atoms. The van der Waals surface area contributed by atoms with Crippen LogP contribution >= 0.6 is 0 Å². The molecule has 2 saturated heterocycles. The number of nitrogens with zero attached hydrogens (tertiary/aromatic N) is 3. The van der Waals surface area contributed by atoms with Crippen molar-refractivity contribution in [3.8, 4) is 11.4 Å². The highest BCUT2D eigenvalue weighted by molar-refractivity contribution is 5.53. The first-order valence-corrected chi connectivity index (χ1v) is 8.74. The number of piperidine rings is 1. The zero-order valence-electron chi connectivity index (χ0n) is 13.5. The smallest absolute Gasteiger partial charge is 0.159 e. The van der Waals surface area contributed by atoms with Gasteiger partial charge >= 0.3 is 0 Å². The molecule has 0 amide bonds. The van der Waals surface area contributed by atoms with Crippen molar-refractivity contribution in [2.45, 2.75) is 44.3 Å².